The number of hydrogen-bond acceptors (Lipinski definition) is 5. The summed E-state index contributed by atoms with van der Waals surface area (Å²) in [5, 5.41) is 3.27. The van der Waals surface area contributed by atoms with Crippen molar-refractivity contribution in [2.24, 2.45) is 0 Å². The quantitative estimate of drug-likeness (QED) is 0.557. The average molecular weight is 455 g/mol. The van der Waals surface area contributed by atoms with Crippen LogP contribution in [0.1, 0.15) is 27.8 Å². The van der Waals surface area contributed by atoms with Gasteiger partial charge in [-0.15, -0.1) is 0 Å². The fraction of sp³-hybridized carbons (Fsp3) is 0.214. The maximum atomic E-state index is 13.8. The Labute approximate surface area is 198 Å². The lowest BCUT2D eigenvalue weighted by molar-refractivity contribution is -0.120. The Balaban J connectivity index is 1.63. The van der Waals surface area contributed by atoms with Crippen molar-refractivity contribution >= 4 is 28.8 Å². The number of fused-ring (bicyclic) bond motifs is 1. The van der Waals surface area contributed by atoms with Gasteiger partial charge < -0.3 is 14.8 Å². The lowest BCUT2D eigenvalue weighted by Crippen LogP contribution is -2.32. The highest BCUT2D eigenvalue weighted by Crippen LogP contribution is 2.39. The summed E-state index contributed by atoms with van der Waals surface area (Å²) < 4.78 is 11.3. The van der Waals surface area contributed by atoms with Gasteiger partial charge >= 0.3 is 0 Å². The van der Waals surface area contributed by atoms with Crippen LogP contribution in [-0.2, 0) is 9.59 Å². The molecule has 5 rings (SSSR count). The number of carbonyl (C=O) groups excluding carboxylic acids is 2. The molecule has 0 spiro atoms. The van der Waals surface area contributed by atoms with E-state index in [-0.39, 0.29) is 11.6 Å². The summed E-state index contributed by atoms with van der Waals surface area (Å²) in [6.45, 7) is 8.85. The van der Waals surface area contributed by atoms with Crippen molar-refractivity contribution in [2.75, 3.05) is 23.4 Å². The van der Waals surface area contributed by atoms with E-state index in [0.717, 1.165) is 33.5 Å². The van der Waals surface area contributed by atoms with Gasteiger partial charge in [-0.1, -0.05) is 29.8 Å². The number of benzene rings is 3. The lowest BCUT2D eigenvalue weighted by atomic mass is 9.97. The molecule has 2 aliphatic rings. The number of nitrogens with zero attached hydrogens (tertiary/aromatic N) is 1. The minimum Gasteiger partial charge on any atom is -0.486 e. The number of amides is 2. The van der Waals surface area contributed by atoms with Crippen LogP contribution < -0.4 is 19.7 Å². The predicted octanol–water partition coefficient (Wildman–Crippen LogP) is 5.09. The van der Waals surface area contributed by atoms with Gasteiger partial charge in [0.05, 0.1) is 11.3 Å². The molecule has 0 fully saturated rings. The summed E-state index contributed by atoms with van der Waals surface area (Å²) in [5.41, 5.74) is 6.71. The molecule has 2 heterocycles. The van der Waals surface area contributed by atoms with Gasteiger partial charge in [-0.25, -0.2) is 4.90 Å². The van der Waals surface area contributed by atoms with E-state index in [9.17, 15) is 9.59 Å². The maximum Gasteiger partial charge on any atom is 0.282 e. The highest BCUT2D eigenvalue weighted by Gasteiger charge is 2.41. The van der Waals surface area contributed by atoms with E-state index in [1.165, 1.54) is 4.90 Å². The van der Waals surface area contributed by atoms with Crippen LogP contribution in [0.25, 0.3) is 5.57 Å². The van der Waals surface area contributed by atoms with Crippen molar-refractivity contribution < 1.29 is 19.1 Å². The molecule has 0 atom stereocenters. The Morgan fingerprint density at radius 2 is 1.44 bits per heavy atom. The Bertz CT molecular complexity index is 1350. The minimum absolute atomic E-state index is 0.261. The first-order valence-electron chi connectivity index (χ1n) is 11.3. The smallest absolute Gasteiger partial charge is 0.282 e. The molecule has 6 nitrogen and oxygen atoms in total. The van der Waals surface area contributed by atoms with Crippen molar-refractivity contribution in [2.45, 2.75) is 27.7 Å². The van der Waals surface area contributed by atoms with Crippen LogP contribution in [0.4, 0.5) is 11.4 Å². The summed E-state index contributed by atoms with van der Waals surface area (Å²) in [5.74, 6) is 0.342. The second-order valence-electron chi connectivity index (χ2n) is 8.84. The third kappa shape index (κ3) is 3.81. The van der Waals surface area contributed by atoms with E-state index >= 15 is 0 Å². The summed E-state index contributed by atoms with van der Waals surface area (Å²) >= 11 is 0. The fourth-order valence-electron chi connectivity index (χ4n) is 4.59. The van der Waals surface area contributed by atoms with E-state index in [0.29, 0.717) is 36.0 Å². The number of imide groups is 1. The average Bonchev–Trinajstić information content (AvgIpc) is 3.02. The van der Waals surface area contributed by atoms with Gasteiger partial charge in [-0.05, 0) is 74.2 Å². The van der Waals surface area contributed by atoms with Gasteiger partial charge in [0.15, 0.2) is 11.5 Å². The van der Waals surface area contributed by atoms with E-state index in [4.69, 9.17) is 9.47 Å². The van der Waals surface area contributed by atoms with Crippen LogP contribution in [0, 0.1) is 27.7 Å². The number of rotatable bonds is 4. The minimum atomic E-state index is -0.407. The molecule has 0 aliphatic carbocycles. The van der Waals surface area contributed by atoms with Crippen molar-refractivity contribution in [1.82, 2.24) is 0 Å². The molecule has 2 aliphatic heterocycles. The van der Waals surface area contributed by atoms with Gasteiger partial charge in [0.1, 0.15) is 18.9 Å². The zero-order chi connectivity index (χ0) is 24.0. The third-order valence-electron chi connectivity index (χ3n) is 6.01. The number of carbonyl (C=O) groups is 2. The highest BCUT2D eigenvalue weighted by atomic mass is 16.6. The summed E-state index contributed by atoms with van der Waals surface area (Å²) in [6, 6.07) is 17.0. The first-order chi connectivity index (χ1) is 16.3. The maximum absolute atomic E-state index is 13.8. The molecule has 0 aromatic heterocycles. The standard InChI is InChI=1S/C28H26N2O4/c1-16-5-7-22(19(4)12-16)25-26(29-20-13-17(2)11-18(3)14-20)28(32)30(27(25)31)21-6-8-23-24(15-21)34-10-9-33-23/h5-8,11-15,29H,9-10H2,1-4H3. The molecule has 34 heavy (non-hydrogen) atoms. The molecule has 0 saturated heterocycles. The van der Waals surface area contributed by atoms with Gasteiger partial charge in [-0.2, -0.15) is 0 Å². The molecule has 172 valence electrons. The van der Waals surface area contributed by atoms with Crippen LogP contribution in [-0.4, -0.2) is 25.0 Å². The van der Waals surface area contributed by atoms with E-state index < -0.39 is 5.91 Å². The zero-order valence-electron chi connectivity index (χ0n) is 19.7. The Morgan fingerprint density at radius 3 is 2.15 bits per heavy atom. The van der Waals surface area contributed by atoms with Gasteiger partial charge in [-0.3, -0.25) is 9.59 Å². The number of ether oxygens (including phenoxy) is 2. The van der Waals surface area contributed by atoms with Crippen LogP contribution in [0.3, 0.4) is 0 Å². The summed E-state index contributed by atoms with van der Waals surface area (Å²) in [4.78, 5) is 28.7. The van der Waals surface area contributed by atoms with E-state index in [2.05, 4.69) is 11.4 Å². The van der Waals surface area contributed by atoms with Crippen molar-refractivity contribution in [3.05, 3.63) is 88.1 Å². The Morgan fingerprint density at radius 1 is 0.735 bits per heavy atom. The molecule has 3 aromatic carbocycles. The highest BCUT2D eigenvalue weighted by molar-refractivity contribution is 6.46. The van der Waals surface area contributed by atoms with E-state index in [1.807, 2.05) is 58.0 Å². The normalized spacial score (nSPS) is 15.2. The van der Waals surface area contributed by atoms with Crippen LogP contribution in [0.5, 0.6) is 11.5 Å². The zero-order valence-corrected chi connectivity index (χ0v) is 19.7. The molecular weight excluding hydrogens is 428 g/mol. The molecular formula is C28H26N2O4. The molecule has 6 heteroatoms. The Hall–Kier alpha value is -4.06. The molecule has 0 radical (unpaired) electrons. The first kappa shape index (κ1) is 21.8. The molecule has 3 aromatic rings. The lowest BCUT2D eigenvalue weighted by Gasteiger charge is -2.21. The summed E-state index contributed by atoms with van der Waals surface area (Å²) in [6.07, 6.45) is 0. The predicted molar refractivity (Wildman–Crippen MR) is 132 cm³/mol. The largest absolute Gasteiger partial charge is 0.486 e. The van der Waals surface area contributed by atoms with E-state index in [1.54, 1.807) is 18.2 Å². The SMILES string of the molecule is Cc1cc(C)cc(NC2=C(c3ccc(C)cc3C)C(=O)N(c3ccc4c(c3)OCCO4)C2=O)c1. The second kappa shape index (κ2) is 8.37. The Kier molecular flexibility index (Phi) is 5.36. The molecule has 1 N–H and O–H groups in total. The van der Waals surface area contributed by atoms with Gasteiger partial charge in [0, 0.05) is 11.8 Å². The fourth-order valence-corrected chi connectivity index (χ4v) is 4.59. The van der Waals surface area contributed by atoms with Crippen molar-refractivity contribution in [1.29, 1.82) is 0 Å². The van der Waals surface area contributed by atoms with Crippen LogP contribution in [0.15, 0.2) is 60.3 Å². The molecule has 0 unspecified atom stereocenters. The topological polar surface area (TPSA) is 67.9 Å². The number of anilines is 2. The number of aryl methyl sites for hydroxylation is 4. The first-order valence-corrected chi connectivity index (χ1v) is 11.3. The third-order valence-corrected chi connectivity index (χ3v) is 6.01. The second-order valence-corrected chi connectivity index (χ2v) is 8.84. The number of nitrogens with one attached hydrogen (secondary N) is 1. The molecule has 0 bridgehead atoms. The van der Waals surface area contributed by atoms with Crippen LogP contribution in [0.2, 0.25) is 0 Å². The monoisotopic (exact) mass is 454 g/mol. The van der Waals surface area contributed by atoms with Gasteiger partial charge in [0.25, 0.3) is 11.8 Å². The van der Waals surface area contributed by atoms with Crippen molar-refractivity contribution in [3.63, 3.8) is 0 Å². The number of hydrogen-bond donors (Lipinski definition) is 1. The van der Waals surface area contributed by atoms with Crippen molar-refractivity contribution in [3.8, 4) is 11.5 Å². The summed E-state index contributed by atoms with van der Waals surface area (Å²) in [7, 11) is 0. The molecule has 0 saturated carbocycles. The molecule has 2 amide bonds. The van der Waals surface area contributed by atoms with Gasteiger partial charge in [0.2, 0.25) is 0 Å². The van der Waals surface area contributed by atoms with Crippen LogP contribution >= 0.6 is 0 Å².